The lowest BCUT2D eigenvalue weighted by Crippen LogP contribution is -2.24. The molecule has 0 saturated heterocycles. The molecule has 0 spiro atoms. The molecule has 2 N–H and O–H groups in total. The number of rotatable bonds is 6. The summed E-state index contributed by atoms with van der Waals surface area (Å²) in [4.78, 5) is 31.7. The van der Waals surface area contributed by atoms with Gasteiger partial charge in [-0.2, -0.15) is 4.98 Å². The Kier molecular flexibility index (Phi) is 4.14. The molecular formula is C13H15N5O3S. The first-order chi connectivity index (χ1) is 10.6. The highest BCUT2D eigenvalue weighted by Crippen LogP contribution is 2.30. The summed E-state index contributed by atoms with van der Waals surface area (Å²) in [5.74, 6) is 0.841. The molecule has 1 aliphatic carbocycles. The molecule has 0 atom stereocenters. The van der Waals surface area contributed by atoms with Crippen molar-refractivity contribution in [3.8, 4) is 0 Å². The predicted molar refractivity (Wildman–Crippen MR) is 78.1 cm³/mol. The number of carbonyl (C=O) groups excluding carboxylic acids is 2. The van der Waals surface area contributed by atoms with Crippen LogP contribution in [-0.4, -0.2) is 26.9 Å². The van der Waals surface area contributed by atoms with Crippen molar-refractivity contribution in [2.45, 2.75) is 32.7 Å². The molecule has 0 aromatic carbocycles. The Morgan fingerprint density at radius 1 is 1.41 bits per heavy atom. The molecular weight excluding hydrogens is 306 g/mol. The Hall–Kier alpha value is -2.29. The first-order valence-electron chi connectivity index (χ1n) is 6.91. The second kappa shape index (κ2) is 6.22. The molecule has 8 nitrogen and oxygen atoms in total. The number of nitrogens with zero attached hydrogens (tertiary/aromatic N) is 3. The normalized spacial score (nSPS) is 13.9. The van der Waals surface area contributed by atoms with Gasteiger partial charge < -0.3 is 15.2 Å². The SMILES string of the molecule is Cc1noc(CNC(=O)Cc2csc(NC(=O)C3CC3)n2)n1. The lowest BCUT2D eigenvalue weighted by molar-refractivity contribution is -0.120. The standard InChI is InChI=1S/C13H15N5O3S/c1-7-15-11(21-18-7)5-14-10(19)4-9-6-22-13(16-9)17-12(20)8-2-3-8/h6,8H,2-5H2,1H3,(H,14,19)(H,16,17,20). The summed E-state index contributed by atoms with van der Waals surface area (Å²) in [6, 6.07) is 0. The quantitative estimate of drug-likeness (QED) is 0.822. The van der Waals surface area contributed by atoms with Crippen LogP contribution >= 0.6 is 11.3 Å². The van der Waals surface area contributed by atoms with Crippen molar-refractivity contribution < 1.29 is 14.1 Å². The van der Waals surface area contributed by atoms with E-state index < -0.39 is 0 Å². The molecule has 22 heavy (non-hydrogen) atoms. The Morgan fingerprint density at radius 3 is 2.91 bits per heavy atom. The van der Waals surface area contributed by atoms with E-state index in [4.69, 9.17) is 4.52 Å². The number of aryl methyl sites for hydroxylation is 1. The summed E-state index contributed by atoms with van der Waals surface area (Å²) < 4.78 is 4.90. The topological polar surface area (TPSA) is 110 Å². The largest absolute Gasteiger partial charge is 0.347 e. The fraction of sp³-hybridized carbons (Fsp3) is 0.462. The Balaban J connectivity index is 1.46. The molecule has 0 radical (unpaired) electrons. The van der Waals surface area contributed by atoms with Crippen LogP contribution in [-0.2, 0) is 22.6 Å². The monoisotopic (exact) mass is 321 g/mol. The number of hydrogen-bond donors (Lipinski definition) is 2. The van der Waals surface area contributed by atoms with E-state index in [-0.39, 0.29) is 30.7 Å². The van der Waals surface area contributed by atoms with Gasteiger partial charge in [0.2, 0.25) is 17.7 Å². The number of carbonyl (C=O) groups is 2. The molecule has 9 heteroatoms. The zero-order chi connectivity index (χ0) is 15.5. The van der Waals surface area contributed by atoms with E-state index >= 15 is 0 Å². The highest BCUT2D eigenvalue weighted by Gasteiger charge is 2.30. The minimum Gasteiger partial charge on any atom is -0.347 e. The van der Waals surface area contributed by atoms with Gasteiger partial charge in [-0.3, -0.25) is 9.59 Å². The van der Waals surface area contributed by atoms with Gasteiger partial charge in [0.1, 0.15) is 0 Å². The number of aromatic nitrogens is 3. The van der Waals surface area contributed by atoms with Crippen LogP contribution in [0.4, 0.5) is 5.13 Å². The molecule has 2 aromatic heterocycles. The van der Waals surface area contributed by atoms with Crippen LogP contribution in [0.2, 0.25) is 0 Å². The van der Waals surface area contributed by atoms with Crippen LogP contribution in [0.25, 0.3) is 0 Å². The molecule has 1 aliphatic rings. The first kappa shape index (κ1) is 14.6. The van der Waals surface area contributed by atoms with Crippen molar-refractivity contribution in [1.82, 2.24) is 20.4 Å². The van der Waals surface area contributed by atoms with Crippen molar-refractivity contribution >= 4 is 28.3 Å². The molecule has 2 heterocycles. The number of anilines is 1. The Morgan fingerprint density at radius 2 is 2.23 bits per heavy atom. The maximum absolute atomic E-state index is 11.8. The van der Waals surface area contributed by atoms with E-state index in [0.717, 1.165) is 12.8 Å². The Bertz CT molecular complexity index is 691. The molecule has 0 aliphatic heterocycles. The summed E-state index contributed by atoms with van der Waals surface area (Å²) >= 11 is 1.32. The third-order valence-corrected chi connectivity index (χ3v) is 3.88. The molecule has 3 rings (SSSR count). The van der Waals surface area contributed by atoms with E-state index in [2.05, 4.69) is 25.8 Å². The number of nitrogens with one attached hydrogen (secondary N) is 2. The maximum Gasteiger partial charge on any atom is 0.246 e. The molecule has 1 fully saturated rings. The third kappa shape index (κ3) is 3.88. The fourth-order valence-corrected chi connectivity index (χ4v) is 2.52. The minimum absolute atomic E-state index is 0.0112. The second-order valence-electron chi connectivity index (χ2n) is 5.10. The van der Waals surface area contributed by atoms with Crippen molar-refractivity contribution in [2.24, 2.45) is 5.92 Å². The van der Waals surface area contributed by atoms with Gasteiger partial charge in [-0.15, -0.1) is 11.3 Å². The smallest absolute Gasteiger partial charge is 0.246 e. The lowest BCUT2D eigenvalue weighted by Gasteiger charge is -2.00. The minimum atomic E-state index is -0.193. The van der Waals surface area contributed by atoms with E-state index in [0.29, 0.717) is 22.5 Å². The van der Waals surface area contributed by atoms with Crippen molar-refractivity contribution in [3.05, 3.63) is 22.8 Å². The summed E-state index contributed by atoms with van der Waals surface area (Å²) in [5.41, 5.74) is 0.621. The number of amides is 2. The van der Waals surface area contributed by atoms with Gasteiger partial charge in [0.25, 0.3) is 0 Å². The molecule has 0 bridgehead atoms. The molecule has 1 saturated carbocycles. The summed E-state index contributed by atoms with van der Waals surface area (Å²) in [6.45, 7) is 1.90. The maximum atomic E-state index is 11.8. The highest BCUT2D eigenvalue weighted by atomic mass is 32.1. The average Bonchev–Trinajstić information content (AvgIpc) is 3.13. The Labute approximate surface area is 130 Å². The fourth-order valence-electron chi connectivity index (χ4n) is 1.81. The molecule has 0 unspecified atom stereocenters. The van der Waals surface area contributed by atoms with E-state index in [1.165, 1.54) is 11.3 Å². The molecule has 116 valence electrons. The van der Waals surface area contributed by atoms with Crippen LogP contribution in [0.15, 0.2) is 9.90 Å². The zero-order valence-electron chi connectivity index (χ0n) is 12.0. The predicted octanol–water partition coefficient (Wildman–Crippen LogP) is 1.04. The van der Waals surface area contributed by atoms with E-state index in [1.54, 1.807) is 12.3 Å². The van der Waals surface area contributed by atoms with Crippen LogP contribution in [0.5, 0.6) is 0 Å². The molecule has 2 aromatic rings. The molecule has 2 amide bonds. The van der Waals surface area contributed by atoms with Crippen molar-refractivity contribution in [1.29, 1.82) is 0 Å². The summed E-state index contributed by atoms with van der Waals surface area (Å²) in [7, 11) is 0. The summed E-state index contributed by atoms with van der Waals surface area (Å²) in [5, 5.41) is 11.4. The van der Waals surface area contributed by atoms with Gasteiger partial charge in [0.05, 0.1) is 18.7 Å². The average molecular weight is 321 g/mol. The van der Waals surface area contributed by atoms with Crippen molar-refractivity contribution in [2.75, 3.05) is 5.32 Å². The lowest BCUT2D eigenvalue weighted by atomic mass is 10.3. The van der Waals surface area contributed by atoms with Gasteiger partial charge in [0.15, 0.2) is 11.0 Å². The van der Waals surface area contributed by atoms with E-state index in [9.17, 15) is 9.59 Å². The van der Waals surface area contributed by atoms with Crippen LogP contribution in [0.3, 0.4) is 0 Å². The third-order valence-electron chi connectivity index (χ3n) is 3.08. The number of hydrogen-bond acceptors (Lipinski definition) is 7. The number of thiazole rings is 1. The van der Waals surface area contributed by atoms with Crippen LogP contribution < -0.4 is 10.6 Å². The van der Waals surface area contributed by atoms with Gasteiger partial charge in [-0.1, -0.05) is 5.16 Å². The van der Waals surface area contributed by atoms with Gasteiger partial charge in [-0.05, 0) is 19.8 Å². The highest BCUT2D eigenvalue weighted by molar-refractivity contribution is 7.13. The second-order valence-corrected chi connectivity index (χ2v) is 5.95. The zero-order valence-corrected chi connectivity index (χ0v) is 12.8. The van der Waals surface area contributed by atoms with Gasteiger partial charge >= 0.3 is 0 Å². The van der Waals surface area contributed by atoms with Crippen LogP contribution in [0, 0.1) is 12.8 Å². The first-order valence-corrected chi connectivity index (χ1v) is 7.79. The van der Waals surface area contributed by atoms with Crippen molar-refractivity contribution in [3.63, 3.8) is 0 Å². The summed E-state index contributed by atoms with van der Waals surface area (Å²) in [6.07, 6.45) is 2.03. The van der Waals surface area contributed by atoms with Crippen LogP contribution in [0.1, 0.15) is 30.3 Å². The van der Waals surface area contributed by atoms with Gasteiger partial charge in [-0.25, -0.2) is 4.98 Å². The van der Waals surface area contributed by atoms with E-state index in [1.807, 2.05) is 0 Å². The van der Waals surface area contributed by atoms with Gasteiger partial charge in [0, 0.05) is 11.3 Å².